The molecule has 1 amide bonds. The van der Waals surface area contributed by atoms with Crippen LogP contribution < -0.4 is 10.9 Å². The standard InChI is InChI=1S/C12H17N3O3/c1-15-11(17)7-6-10(14-15)12(18)13-8-2-4-9(16)5-3-8/h6-9,16H,2-5H2,1H3,(H,13,18). The van der Waals surface area contributed by atoms with Crippen LogP contribution >= 0.6 is 0 Å². The lowest BCUT2D eigenvalue weighted by molar-refractivity contribution is 0.0861. The van der Waals surface area contributed by atoms with E-state index in [0.29, 0.717) is 12.8 Å². The Balaban J connectivity index is 1.99. The summed E-state index contributed by atoms with van der Waals surface area (Å²) in [7, 11) is 1.51. The predicted molar refractivity (Wildman–Crippen MR) is 65.2 cm³/mol. The average molecular weight is 251 g/mol. The van der Waals surface area contributed by atoms with E-state index in [1.165, 1.54) is 19.2 Å². The molecule has 0 aliphatic heterocycles. The van der Waals surface area contributed by atoms with Crippen LogP contribution in [0.3, 0.4) is 0 Å². The van der Waals surface area contributed by atoms with Crippen molar-refractivity contribution in [3.8, 4) is 0 Å². The Morgan fingerprint density at radius 3 is 2.67 bits per heavy atom. The van der Waals surface area contributed by atoms with Crippen molar-refractivity contribution in [1.82, 2.24) is 15.1 Å². The van der Waals surface area contributed by atoms with E-state index in [-0.39, 0.29) is 29.3 Å². The van der Waals surface area contributed by atoms with Crippen LogP contribution in [0.1, 0.15) is 36.2 Å². The molecule has 1 fully saturated rings. The monoisotopic (exact) mass is 251 g/mol. The zero-order chi connectivity index (χ0) is 13.1. The van der Waals surface area contributed by atoms with Crippen molar-refractivity contribution in [3.63, 3.8) is 0 Å². The van der Waals surface area contributed by atoms with Crippen LogP contribution in [0.5, 0.6) is 0 Å². The summed E-state index contributed by atoms with van der Waals surface area (Å²) in [5, 5.41) is 16.2. The van der Waals surface area contributed by atoms with Gasteiger partial charge in [0.05, 0.1) is 6.10 Å². The van der Waals surface area contributed by atoms with Gasteiger partial charge in [-0.25, -0.2) is 4.68 Å². The fraction of sp³-hybridized carbons (Fsp3) is 0.583. The number of aryl methyl sites for hydroxylation is 1. The molecule has 1 heterocycles. The molecule has 0 bridgehead atoms. The van der Waals surface area contributed by atoms with E-state index >= 15 is 0 Å². The Kier molecular flexibility index (Phi) is 3.76. The zero-order valence-corrected chi connectivity index (χ0v) is 10.3. The fourth-order valence-electron chi connectivity index (χ4n) is 2.10. The van der Waals surface area contributed by atoms with Crippen LogP contribution in [0.15, 0.2) is 16.9 Å². The van der Waals surface area contributed by atoms with Gasteiger partial charge in [0, 0.05) is 19.2 Å². The molecule has 2 N–H and O–H groups in total. The number of aliphatic hydroxyl groups excluding tert-OH is 1. The van der Waals surface area contributed by atoms with Crippen LogP contribution in [-0.2, 0) is 7.05 Å². The largest absolute Gasteiger partial charge is 0.393 e. The average Bonchev–Trinajstić information content (AvgIpc) is 2.35. The Morgan fingerprint density at radius 2 is 2.06 bits per heavy atom. The number of amides is 1. The molecule has 18 heavy (non-hydrogen) atoms. The van der Waals surface area contributed by atoms with Crippen LogP contribution in [0, 0.1) is 0 Å². The lowest BCUT2D eigenvalue weighted by atomic mass is 9.93. The summed E-state index contributed by atoms with van der Waals surface area (Å²) in [4.78, 5) is 23.1. The van der Waals surface area contributed by atoms with Crippen LogP contribution in [0.25, 0.3) is 0 Å². The minimum atomic E-state index is -0.271. The van der Waals surface area contributed by atoms with Crippen molar-refractivity contribution in [2.45, 2.75) is 37.8 Å². The van der Waals surface area contributed by atoms with Crippen molar-refractivity contribution in [3.05, 3.63) is 28.2 Å². The van der Waals surface area contributed by atoms with E-state index in [2.05, 4.69) is 10.4 Å². The molecule has 6 nitrogen and oxygen atoms in total. The second-order valence-electron chi connectivity index (χ2n) is 4.66. The molecular formula is C12H17N3O3. The molecule has 1 aliphatic rings. The minimum absolute atomic E-state index is 0.0833. The first-order valence-electron chi connectivity index (χ1n) is 6.09. The molecule has 98 valence electrons. The summed E-state index contributed by atoms with van der Waals surface area (Å²) >= 11 is 0. The quantitative estimate of drug-likeness (QED) is 0.763. The van der Waals surface area contributed by atoms with E-state index in [1.54, 1.807) is 0 Å². The van der Waals surface area contributed by atoms with E-state index < -0.39 is 0 Å². The highest BCUT2D eigenvalue weighted by Crippen LogP contribution is 2.18. The molecule has 0 atom stereocenters. The second-order valence-corrected chi connectivity index (χ2v) is 4.66. The fourth-order valence-corrected chi connectivity index (χ4v) is 2.10. The Morgan fingerprint density at radius 1 is 1.39 bits per heavy atom. The smallest absolute Gasteiger partial charge is 0.271 e. The third kappa shape index (κ3) is 2.95. The lowest BCUT2D eigenvalue weighted by Crippen LogP contribution is -2.39. The lowest BCUT2D eigenvalue weighted by Gasteiger charge is -2.25. The van der Waals surface area contributed by atoms with Gasteiger partial charge in [-0.1, -0.05) is 0 Å². The third-order valence-electron chi connectivity index (χ3n) is 3.23. The summed E-state index contributed by atoms with van der Waals surface area (Å²) in [6, 6.07) is 2.84. The van der Waals surface area contributed by atoms with Crippen molar-refractivity contribution in [2.75, 3.05) is 0 Å². The zero-order valence-electron chi connectivity index (χ0n) is 10.3. The maximum absolute atomic E-state index is 11.9. The van der Waals surface area contributed by atoms with Gasteiger partial charge in [-0.3, -0.25) is 9.59 Å². The molecule has 6 heteroatoms. The second kappa shape index (κ2) is 5.30. The Bertz CT molecular complexity index is 490. The molecule has 0 spiro atoms. The number of rotatable bonds is 2. The summed E-state index contributed by atoms with van der Waals surface area (Å²) in [5.41, 5.74) is -0.00411. The molecule has 1 aromatic rings. The van der Waals surface area contributed by atoms with Gasteiger partial charge in [0.1, 0.15) is 5.69 Å². The topological polar surface area (TPSA) is 84.2 Å². The highest BCUT2D eigenvalue weighted by molar-refractivity contribution is 5.92. The van der Waals surface area contributed by atoms with Crippen LogP contribution in [-0.4, -0.2) is 32.9 Å². The number of aromatic nitrogens is 2. The molecule has 0 aromatic carbocycles. The van der Waals surface area contributed by atoms with Gasteiger partial charge in [-0.2, -0.15) is 5.10 Å². The van der Waals surface area contributed by atoms with Crippen molar-refractivity contribution in [2.24, 2.45) is 7.05 Å². The SMILES string of the molecule is Cn1nc(C(=O)NC2CCC(O)CC2)ccc1=O. The third-order valence-corrected chi connectivity index (χ3v) is 3.23. The van der Waals surface area contributed by atoms with Gasteiger partial charge >= 0.3 is 0 Å². The van der Waals surface area contributed by atoms with Crippen molar-refractivity contribution in [1.29, 1.82) is 0 Å². The number of nitrogens with zero attached hydrogens (tertiary/aromatic N) is 2. The van der Waals surface area contributed by atoms with Gasteiger partial charge in [-0.05, 0) is 31.7 Å². The van der Waals surface area contributed by atoms with Crippen molar-refractivity contribution < 1.29 is 9.90 Å². The minimum Gasteiger partial charge on any atom is -0.393 e. The number of aliphatic hydroxyl groups is 1. The molecule has 0 unspecified atom stereocenters. The summed E-state index contributed by atoms with van der Waals surface area (Å²) in [6.45, 7) is 0. The first-order chi connectivity index (χ1) is 8.56. The molecule has 1 saturated carbocycles. The summed E-state index contributed by atoms with van der Waals surface area (Å²) < 4.78 is 1.14. The number of hydrogen-bond acceptors (Lipinski definition) is 4. The van der Waals surface area contributed by atoms with E-state index in [0.717, 1.165) is 17.5 Å². The maximum atomic E-state index is 11.9. The number of hydrogen-bond donors (Lipinski definition) is 2. The molecule has 0 saturated heterocycles. The highest BCUT2D eigenvalue weighted by Gasteiger charge is 2.21. The number of nitrogens with one attached hydrogen (secondary N) is 1. The van der Waals surface area contributed by atoms with E-state index in [1.807, 2.05) is 0 Å². The van der Waals surface area contributed by atoms with E-state index in [4.69, 9.17) is 0 Å². The summed E-state index contributed by atoms with van der Waals surface area (Å²) in [5.74, 6) is -0.271. The van der Waals surface area contributed by atoms with Crippen molar-refractivity contribution >= 4 is 5.91 Å². The van der Waals surface area contributed by atoms with Gasteiger partial charge in [0.15, 0.2) is 0 Å². The molecule has 1 aliphatic carbocycles. The molecule has 1 aromatic heterocycles. The number of carbonyl (C=O) groups is 1. The normalized spacial score (nSPS) is 23.7. The maximum Gasteiger partial charge on any atom is 0.271 e. The van der Waals surface area contributed by atoms with Crippen LogP contribution in [0.2, 0.25) is 0 Å². The highest BCUT2D eigenvalue weighted by atomic mass is 16.3. The predicted octanol–water partition coefficient (Wildman–Crippen LogP) is -0.186. The van der Waals surface area contributed by atoms with Gasteiger partial charge in [0.25, 0.3) is 11.5 Å². The molecular weight excluding hydrogens is 234 g/mol. The summed E-state index contributed by atoms with van der Waals surface area (Å²) in [6.07, 6.45) is 2.74. The van der Waals surface area contributed by atoms with Gasteiger partial charge in [0.2, 0.25) is 0 Å². The van der Waals surface area contributed by atoms with Gasteiger partial charge < -0.3 is 10.4 Å². The van der Waals surface area contributed by atoms with Crippen LogP contribution in [0.4, 0.5) is 0 Å². The number of carbonyl (C=O) groups excluding carboxylic acids is 1. The molecule has 2 rings (SSSR count). The molecule has 0 radical (unpaired) electrons. The van der Waals surface area contributed by atoms with Gasteiger partial charge in [-0.15, -0.1) is 0 Å². The Hall–Kier alpha value is -1.69. The van der Waals surface area contributed by atoms with E-state index in [9.17, 15) is 14.7 Å². The Labute approximate surface area is 105 Å². The first-order valence-corrected chi connectivity index (χ1v) is 6.09. The first kappa shape index (κ1) is 12.8.